The second-order valence-corrected chi connectivity index (χ2v) is 6.04. The van der Waals surface area contributed by atoms with Crippen LogP contribution in [0, 0.1) is 5.82 Å². The van der Waals surface area contributed by atoms with E-state index in [1.807, 2.05) is 0 Å². The highest BCUT2D eigenvalue weighted by Crippen LogP contribution is 2.31. The fraction of sp³-hybridized carbons (Fsp3) is 0.190. The molecular weight excluding hydrogens is 377 g/mol. The maximum Gasteiger partial charge on any atom is 0.257 e. The molecule has 0 N–H and O–H groups in total. The van der Waals surface area contributed by atoms with Crippen molar-refractivity contribution in [3.05, 3.63) is 72.4 Å². The number of methoxy groups -OCH3 is 2. The minimum atomic E-state index is -0.594. The third kappa shape index (κ3) is 4.43. The molecule has 0 spiro atoms. The number of nitrogens with zero attached hydrogens (tertiary/aromatic N) is 3. The summed E-state index contributed by atoms with van der Waals surface area (Å²) < 4.78 is 29.8. The summed E-state index contributed by atoms with van der Waals surface area (Å²) in [4.78, 5) is 18.4. The van der Waals surface area contributed by atoms with Crippen molar-refractivity contribution in [2.75, 3.05) is 20.8 Å². The number of amides is 1. The lowest BCUT2D eigenvalue weighted by Crippen LogP contribution is -2.31. The molecule has 150 valence electrons. The highest BCUT2D eigenvalue weighted by atomic mass is 19.1. The lowest BCUT2D eigenvalue weighted by atomic mass is 10.2. The van der Waals surface area contributed by atoms with Gasteiger partial charge in [0.15, 0.2) is 11.5 Å². The van der Waals surface area contributed by atoms with Gasteiger partial charge in [0.25, 0.3) is 5.91 Å². The number of carbonyl (C=O) groups is 1. The van der Waals surface area contributed by atoms with Crippen LogP contribution >= 0.6 is 0 Å². The van der Waals surface area contributed by atoms with E-state index in [1.165, 1.54) is 30.2 Å². The van der Waals surface area contributed by atoms with E-state index in [1.54, 1.807) is 37.5 Å². The monoisotopic (exact) mass is 397 g/mol. The number of ether oxygens (including phenoxy) is 2. The predicted molar refractivity (Wildman–Crippen MR) is 104 cm³/mol. The highest BCUT2D eigenvalue weighted by Gasteiger charge is 2.21. The molecule has 1 amide bonds. The Balaban J connectivity index is 1.82. The summed E-state index contributed by atoms with van der Waals surface area (Å²) in [5.74, 6) is 0.558. The number of carbonyl (C=O) groups excluding carboxylic acids is 1. The first-order chi connectivity index (χ1) is 14.1. The Labute approximate surface area is 167 Å². The van der Waals surface area contributed by atoms with Gasteiger partial charge < -0.3 is 18.9 Å². The zero-order valence-electron chi connectivity index (χ0n) is 16.1. The molecule has 0 bridgehead atoms. The van der Waals surface area contributed by atoms with Crippen LogP contribution in [-0.4, -0.2) is 41.7 Å². The summed E-state index contributed by atoms with van der Waals surface area (Å²) in [6.45, 7) is 3.86. The van der Waals surface area contributed by atoms with E-state index in [0.29, 0.717) is 22.9 Å². The van der Waals surface area contributed by atoms with Crippen molar-refractivity contribution in [3.8, 4) is 22.9 Å². The SMILES string of the molecule is C=CCN(Cc1nc(-c2ccc(OC)c(OC)c2)no1)C(=O)c1ccccc1F. The average molecular weight is 397 g/mol. The van der Waals surface area contributed by atoms with E-state index >= 15 is 0 Å². The van der Waals surface area contributed by atoms with E-state index in [9.17, 15) is 9.18 Å². The second-order valence-electron chi connectivity index (χ2n) is 6.04. The molecule has 0 unspecified atom stereocenters. The molecule has 29 heavy (non-hydrogen) atoms. The molecular formula is C21H20FN3O4. The van der Waals surface area contributed by atoms with Gasteiger partial charge in [-0.1, -0.05) is 23.4 Å². The molecule has 3 aromatic rings. The summed E-state index contributed by atoms with van der Waals surface area (Å²) >= 11 is 0. The van der Waals surface area contributed by atoms with Crippen LogP contribution in [0.5, 0.6) is 11.5 Å². The zero-order chi connectivity index (χ0) is 20.8. The van der Waals surface area contributed by atoms with Crippen LogP contribution in [0.15, 0.2) is 59.6 Å². The standard InChI is InChI=1S/C21H20FN3O4/c1-4-11-25(21(26)15-7-5-6-8-16(15)22)13-19-23-20(24-29-19)14-9-10-17(27-2)18(12-14)28-3/h4-10,12H,1,11,13H2,2-3H3. The van der Waals surface area contributed by atoms with Crippen LogP contribution in [0.2, 0.25) is 0 Å². The number of hydrogen-bond donors (Lipinski definition) is 0. The Kier molecular flexibility index (Phi) is 6.23. The largest absolute Gasteiger partial charge is 0.493 e. The maximum atomic E-state index is 14.0. The Hall–Kier alpha value is -3.68. The van der Waals surface area contributed by atoms with E-state index < -0.39 is 11.7 Å². The lowest BCUT2D eigenvalue weighted by molar-refractivity contribution is 0.0740. The first-order valence-corrected chi connectivity index (χ1v) is 8.77. The topological polar surface area (TPSA) is 77.7 Å². The third-order valence-electron chi connectivity index (χ3n) is 4.18. The van der Waals surface area contributed by atoms with Crippen molar-refractivity contribution < 1.29 is 23.2 Å². The van der Waals surface area contributed by atoms with Gasteiger partial charge in [0.1, 0.15) is 12.4 Å². The molecule has 0 radical (unpaired) electrons. The van der Waals surface area contributed by atoms with Crippen molar-refractivity contribution in [2.24, 2.45) is 0 Å². The van der Waals surface area contributed by atoms with E-state index in [-0.39, 0.29) is 24.5 Å². The number of hydrogen-bond acceptors (Lipinski definition) is 6. The maximum absolute atomic E-state index is 14.0. The van der Waals surface area contributed by atoms with Gasteiger partial charge in [0.05, 0.1) is 19.8 Å². The fourth-order valence-corrected chi connectivity index (χ4v) is 2.76. The zero-order valence-corrected chi connectivity index (χ0v) is 16.1. The molecule has 8 heteroatoms. The minimum Gasteiger partial charge on any atom is -0.493 e. The average Bonchev–Trinajstić information content (AvgIpc) is 3.21. The van der Waals surface area contributed by atoms with Crippen molar-refractivity contribution in [1.82, 2.24) is 15.0 Å². The Morgan fingerprint density at radius 1 is 1.21 bits per heavy atom. The first kappa shape index (κ1) is 20.1. The van der Waals surface area contributed by atoms with Crippen molar-refractivity contribution >= 4 is 5.91 Å². The number of aromatic nitrogens is 2. The molecule has 0 aliphatic heterocycles. The number of rotatable bonds is 8. The van der Waals surface area contributed by atoms with Gasteiger partial charge in [-0.25, -0.2) is 4.39 Å². The lowest BCUT2D eigenvalue weighted by Gasteiger charge is -2.19. The van der Waals surface area contributed by atoms with Crippen LogP contribution in [0.3, 0.4) is 0 Å². The van der Waals surface area contributed by atoms with Crippen LogP contribution < -0.4 is 9.47 Å². The normalized spacial score (nSPS) is 10.4. The Morgan fingerprint density at radius 2 is 1.97 bits per heavy atom. The quantitative estimate of drug-likeness (QED) is 0.539. The smallest absolute Gasteiger partial charge is 0.257 e. The van der Waals surface area contributed by atoms with Crippen LogP contribution in [0.4, 0.5) is 4.39 Å². The fourth-order valence-electron chi connectivity index (χ4n) is 2.76. The molecule has 0 saturated carbocycles. The van der Waals surface area contributed by atoms with Crippen LogP contribution in [0.25, 0.3) is 11.4 Å². The molecule has 0 aliphatic rings. The summed E-state index contributed by atoms with van der Waals surface area (Å²) in [5.41, 5.74) is 0.627. The molecule has 0 aliphatic carbocycles. The summed E-state index contributed by atoms with van der Waals surface area (Å²) in [6, 6.07) is 11.0. The van der Waals surface area contributed by atoms with Gasteiger partial charge in [-0.2, -0.15) is 4.98 Å². The van der Waals surface area contributed by atoms with E-state index in [2.05, 4.69) is 16.7 Å². The third-order valence-corrected chi connectivity index (χ3v) is 4.18. The predicted octanol–water partition coefficient (Wildman–Crippen LogP) is 3.72. The molecule has 1 aromatic heterocycles. The molecule has 1 heterocycles. The van der Waals surface area contributed by atoms with Gasteiger partial charge in [0, 0.05) is 12.1 Å². The van der Waals surface area contributed by atoms with Gasteiger partial charge in [0.2, 0.25) is 11.7 Å². The first-order valence-electron chi connectivity index (χ1n) is 8.77. The highest BCUT2D eigenvalue weighted by molar-refractivity contribution is 5.94. The molecule has 3 rings (SSSR count). The summed E-state index contributed by atoms with van der Waals surface area (Å²) in [6.07, 6.45) is 1.55. The number of halogens is 1. The van der Waals surface area contributed by atoms with Gasteiger partial charge in [-0.3, -0.25) is 4.79 Å². The molecule has 2 aromatic carbocycles. The molecule has 7 nitrogen and oxygen atoms in total. The van der Waals surface area contributed by atoms with Gasteiger partial charge in [-0.05, 0) is 30.3 Å². The van der Waals surface area contributed by atoms with Crippen molar-refractivity contribution in [3.63, 3.8) is 0 Å². The van der Waals surface area contributed by atoms with Gasteiger partial charge in [-0.15, -0.1) is 6.58 Å². The van der Waals surface area contributed by atoms with Crippen molar-refractivity contribution in [2.45, 2.75) is 6.54 Å². The second kappa shape index (κ2) is 9.01. The summed E-state index contributed by atoms with van der Waals surface area (Å²) in [5, 5.41) is 3.96. The number of benzene rings is 2. The minimum absolute atomic E-state index is 0.0134. The molecule has 0 atom stereocenters. The summed E-state index contributed by atoms with van der Waals surface area (Å²) in [7, 11) is 3.08. The Bertz CT molecular complexity index is 1020. The molecule has 0 fully saturated rings. The van der Waals surface area contributed by atoms with Gasteiger partial charge >= 0.3 is 0 Å². The molecule has 0 saturated heterocycles. The van der Waals surface area contributed by atoms with Crippen LogP contribution in [0.1, 0.15) is 16.2 Å². The van der Waals surface area contributed by atoms with E-state index in [4.69, 9.17) is 14.0 Å². The van der Waals surface area contributed by atoms with Crippen molar-refractivity contribution in [1.29, 1.82) is 0 Å². The van der Waals surface area contributed by atoms with E-state index in [0.717, 1.165) is 0 Å². The Morgan fingerprint density at radius 3 is 2.66 bits per heavy atom. The van der Waals surface area contributed by atoms with Crippen LogP contribution in [-0.2, 0) is 6.54 Å².